The van der Waals surface area contributed by atoms with Gasteiger partial charge in [0, 0.05) is 19.5 Å². The van der Waals surface area contributed by atoms with Gasteiger partial charge >= 0.3 is 0 Å². The number of hydrogen-bond donors (Lipinski definition) is 2. The summed E-state index contributed by atoms with van der Waals surface area (Å²) in [7, 11) is -3.56. The van der Waals surface area contributed by atoms with Crippen molar-refractivity contribution >= 4 is 15.9 Å². The largest absolute Gasteiger partial charge is 0.356 e. The molecule has 0 radical (unpaired) electrons. The van der Waals surface area contributed by atoms with Crippen molar-refractivity contribution in [2.45, 2.75) is 25.5 Å². The summed E-state index contributed by atoms with van der Waals surface area (Å²) in [6.45, 7) is 2.57. The van der Waals surface area contributed by atoms with E-state index in [9.17, 15) is 13.2 Å². The Bertz CT molecular complexity index is 621. The first-order chi connectivity index (χ1) is 9.98. The van der Waals surface area contributed by atoms with Crippen LogP contribution in [0.3, 0.4) is 0 Å². The smallest absolute Gasteiger partial charge is 0.221 e. The predicted molar refractivity (Wildman–Crippen MR) is 79.7 cm³/mol. The van der Waals surface area contributed by atoms with Crippen molar-refractivity contribution in [2.75, 3.05) is 13.1 Å². The maximum absolute atomic E-state index is 11.9. The van der Waals surface area contributed by atoms with Crippen LogP contribution in [-0.2, 0) is 20.6 Å². The van der Waals surface area contributed by atoms with Crippen LogP contribution in [0.1, 0.15) is 30.9 Å². The zero-order valence-electron chi connectivity index (χ0n) is 11.9. The number of nitriles is 1. The van der Waals surface area contributed by atoms with Crippen molar-refractivity contribution in [3.63, 3.8) is 0 Å². The van der Waals surface area contributed by atoms with Crippen LogP contribution in [0.4, 0.5) is 0 Å². The summed E-state index contributed by atoms with van der Waals surface area (Å²) in [5, 5.41) is 11.6. The van der Waals surface area contributed by atoms with E-state index in [1.165, 1.54) is 0 Å². The zero-order valence-corrected chi connectivity index (χ0v) is 12.7. The second-order valence-corrected chi connectivity index (χ2v) is 6.33. The van der Waals surface area contributed by atoms with Gasteiger partial charge in [0.05, 0.1) is 17.4 Å². The van der Waals surface area contributed by atoms with Crippen molar-refractivity contribution in [1.29, 1.82) is 5.26 Å². The van der Waals surface area contributed by atoms with E-state index in [2.05, 4.69) is 10.0 Å². The van der Waals surface area contributed by atoms with Crippen molar-refractivity contribution in [2.24, 2.45) is 0 Å². The van der Waals surface area contributed by atoms with Crippen molar-refractivity contribution in [1.82, 2.24) is 10.0 Å². The quantitative estimate of drug-likeness (QED) is 0.745. The van der Waals surface area contributed by atoms with Crippen LogP contribution in [0.2, 0.25) is 0 Å². The Morgan fingerprint density at radius 2 is 2.00 bits per heavy atom. The number of hydrogen-bond acceptors (Lipinski definition) is 4. The van der Waals surface area contributed by atoms with Crippen LogP contribution in [0.15, 0.2) is 24.3 Å². The minimum absolute atomic E-state index is 0.0482. The van der Waals surface area contributed by atoms with E-state index >= 15 is 0 Å². The summed E-state index contributed by atoms with van der Waals surface area (Å²) < 4.78 is 26.2. The molecule has 0 saturated heterocycles. The maximum atomic E-state index is 11.9. The fourth-order valence-corrected chi connectivity index (χ4v) is 2.86. The third-order valence-corrected chi connectivity index (χ3v) is 4.06. The Morgan fingerprint density at radius 1 is 1.29 bits per heavy atom. The Balaban J connectivity index is 2.51. The van der Waals surface area contributed by atoms with Gasteiger partial charge in [-0.3, -0.25) is 4.79 Å². The lowest BCUT2D eigenvalue weighted by molar-refractivity contribution is -0.120. The monoisotopic (exact) mass is 309 g/mol. The molecule has 21 heavy (non-hydrogen) atoms. The van der Waals surface area contributed by atoms with Gasteiger partial charge in [0.25, 0.3) is 0 Å². The lowest BCUT2D eigenvalue weighted by Gasteiger charge is -2.08. The van der Waals surface area contributed by atoms with Gasteiger partial charge < -0.3 is 5.32 Å². The molecule has 0 fully saturated rings. The van der Waals surface area contributed by atoms with E-state index in [1.54, 1.807) is 24.3 Å². The molecular weight excluding hydrogens is 290 g/mol. The molecule has 0 aliphatic carbocycles. The summed E-state index contributed by atoms with van der Waals surface area (Å²) in [6, 6.07) is 8.50. The molecule has 0 saturated carbocycles. The van der Waals surface area contributed by atoms with Gasteiger partial charge in [-0.15, -0.1) is 0 Å². The van der Waals surface area contributed by atoms with Crippen LogP contribution < -0.4 is 10.0 Å². The molecule has 2 N–H and O–H groups in total. The van der Waals surface area contributed by atoms with E-state index in [0.717, 1.165) is 6.42 Å². The molecule has 0 aliphatic rings. The van der Waals surface area contributed by atoms with Gasteiger partial charge in [-0.25, -0.2) is 13.1 Å². The molecule has 0 aliphatic heterocycles. The number of amides is 1. The standard InChI is InChI=1S/C14H19N3O3S/c1-2-8-16-14(18)7-9-17-21(19,20)11-13-6-4-3-5-12(13)10-15/h3-6,17H,2,7-9,11H2,1H3,(H,16,18). The summed E-state index contributed by atoms with van der Waals surface area (Å²) in [6.07, 6.45) is 0.932. The van der Waals surface area contributed by atoms with Crippen LogP contribution in [0.5, 0.6) is 0 Å². The van der Waals surface area contributed by atoms with Gasteiger partial charge in [0.2, 0.25) is 15.9 Å². The average Bonchev–Trinajstić information content (AvgIpc) is 2.45. The predicted octanol–water partition coefficient (Wildman–Crippen LogP) is 0.894. The second-order valence-electron chi connectivity index (χ2n) is 4.52. The molecular formula is C14H19N3O3S. The number of nitrogens with zero attached hydrogens (tertiary/aromatic N) is 1. The SMILES string of the molecule is CCCNC(=O)CCNS(=O)(=O)Cc1ccccc1C#N. The first-order valence-electron chi connectivity index (χ1n) is 6.70. The Hall–Kier alpha value is -1.91. The Kier molecular flexibility index (Phi) is 6.85. The van der Waals surface area contributed by atoms with E-state index < -0.39 is 10.0 Å². The summed E-state index contributed by atoms with van der Waals surface area (Å²) in [5.41, 5.74) is 0.784. The summed E-state index contributed by atoms with van der Waals surface area (Å²) >= 11 is 0. The highest BCUT2D eigenvalue weighted by molar-refractivity contribution is 7.88. The molecule has 0 spiro atoms. The second kappa shape index (κ2) is 8.39. The highest BCUT2D eigenvalue weighted by atomic mass is 32.2. The van der Waals surface area contributed by atoms with E-state index in [1.807, 2.05) is 13.0 Å². The lowest BCUT2D eigenvalue weighted by Crippen LogP contribution is -2.31. The molecule has 7 heteroatoms. The van der Waals surface area contributed by atoms with Crippen molar-refractivity contribution in [3.05, 3.63) is 35.4 Å². The van der Waals surface area contributed by atoms with Crippen molar-refractivity contribution in [3.8, 4) is 6.07 Å². The molecule has 1 rings (SSSR count). The number of nitrogens with one attached hydrogen (secondary N) is 2. The number of carbonyl (C=O) groups excluding carboxylic acids is 1. The molecule has 0 heterocycles. The highest BCUT2D eigenvalue weighted by Crippen LogP contribution is 2.10. The highest BCUT2D eigenvalue weighted by Gasteiger charge is 2.14. The van der Waals surface area contributed by atoms with Crippen LogP contribution in [0, 0.1) is 11.3 Å². The zero-order chi connectivity index (χ0) is 15.7. The Labute approximate surface area is 125 Å². The minimum atomic E-state index is -3.56. The number of carbonyl (C=O) groups is 1. The van der Waals surface area contributed by atoms with Gasteiger partial charge in [-0.05, 0) is 18.1 Å². The number of sulfonamides is 1. The molecule has 1 aromatic rings. The van der Waals surface area contributed by atoms with Gasteiger partial charge in [0.15, 0.2) is 0 Å². The van der Waals surface area contributed by atoms with Crippen molar-refractivity contribution < 1.29 is 13.2 Å². The van der Waals surface area contributed by atoms with Crippen LogP contribution in [-0.4, -0.2) is 27.4 Å². The van der Waals surface area contributed by atoms with Crippen LogP contribution >= 0.6 is 0 Å². The van der Waals surface area contributed by atoms with Gasteiger partial charge in [-0.2, -0.15) is 5.26 Å². The Morgan fingerprint density at radius 3 is 2.67 bits per heavy atom. The normalized spacial score (nSPS) is 10.9. The lowest BCUT2D eigenvalue weighted by atomic mass is 10.1. The molecule has 114 valence electrons. The molecule has 0 aromatic heterocycles. The molecule has 1 aromatic carbocycles. The fraction of sp³-hybridized carbons (Fsp3) is 0.429. The van der Waals surface area contributed by atoms with E-state index in [0.29, 0.717) is 17.7 Å². The molecule has 1 amide bonds. The summed E-state index contributed by atoms with van der Waals surface area (Å²) in [5.74, 6) is -0.454. The third kappa shape index (κ3) is 6.38. The van der Waals surface area contributed by atoms with E-state index in [-0.39, 0.29) is 24.6 Å². The number of rotatable bonds is 8. The topological polar surface area (TPSA) is 99.1 Å². The average molecular weight is 309 g/mol. The van der Waals surface area contributed by atoms with Gasteiger partial charge in [-0.1, -0.05) is 25.1 Å². The minimum Gasteiger partial charge on any atom is -0.356 e. The molecule has 0 bridgehead atoms. The fourth-order valence-electron chi connectivity index (χ4n) is 1.68. The van der Waals surface area contributed by atoms with Crippen LogP contribution in [0.25, 0.3) is 0 Å². The first-order valence-corrected chi connectivity index (χ1v) is 8.35. The number of benzene rings is 1. The molecule has 0 unspecified atom stereocenters. The van der Waals surface area contributed by atoms with Gasteiger partial charge in [0.1, 0.15) is 0 Å². The maximum Gasteiger partial charge on any atom is 0.221 e. The third-order valence-electron chi connectivity index (χ3n) is 2.73. The first kappa shape index (κ1) is 17.1. The molecule has 0 atom stereocenters. The van der Waals surface area contributed by atoms with E-state index in [4.69, 9.17) is 5.26 Å². The molecule has 6 nitrogen and oxygen atoms in total. The summed E-state index contributed by atoms with van der Waals surface area (Å²) in [4.78, 5) is 11.4.